The van der Waals surface area contributed by atoms with Crippen LogP contribution in [0.4, 0.5) is 17.1 Å². The fraction of sp³-hybridized carbons (Fsp3) is 0. The average molecular weight is 806 g/mol. The first-order valence-corrected chi connectivity index (χ1v) is 22.1. The summed E-state index contributed by atoms with van der Waals surface area (Å²) in [5, 5.41) is 14.9. The molecule has 1 heterocycles. The lowest BCUT2D eigenvalue weighted by Gasteiger charge is -2.26. The predicted octanol–water partition coefficient (Wildman–Crippen LogP) is 17.7. The van der Waals surface area contributed by atoms with E-state index in [0.29, 0.717) is 0 Å². The van der Waals surface area contributed by atoms with E-state index in [4.69, 9.17) is 0 Å². The van der Waals surface area contributed by atoms with Crippen molar-refractivity contribution >= 4 is 102 Å². The van der Waals surface area contributed by atoms with Crippen LogP contribution in [0.15, 0.2) is 237 Å². The number of benzene rings is 10. The molecule has 2 heteroatoms. The van der Waals surface area contributed by atoms with Gasteiger partial charge in [0.05, 0.1) is 0 Å². The maximum Gasteiger partial charge on any atom is 0.0468 e. The first-order valence-electron chi connectivity index (χ1n) is 21.2. The highest BCUT2D eigenvalue weighted by molar-refractivity contribution is 7.25. The van der Waals surface area contributed by atoms with Crippen molar-refractivity contribution in [3.8, 4) is 22.3 Å². The third kappa shape index (κ3) is 6.15. The van der Waals surface area contributed by atoms with E-state index >= 15 is 0 Å². The molecule has 0 fully saturated rings. The van der Waals surface area contributed by atoms with Crippen LogP contribution in [-0.2, 0) is 0 Å². The van der Waals surface area contributed by atoms with Gasteiger partial charge >= 0.3 is 0 Å². The van der Waals surface area contributed by atoms with Crippen molar-refractivity contribution in [1.29, 1.82) is 0 Å². The number of anilines is 3. The Labute approximate surface area is 364 Å². The van der Waals surface area contributed by atoms with Crippen LogP contribution in [0.5, 0.6) is 0 Å². The Hall–Kier alpha value is -7.78. The summed E-state index contributed by atoms with van der Waals surface area (Å²) >= 11 is 1.88. The van der Waals surface area contributed by atoms with Gasteiger partial charge in [0.15, 0.2) is 0 Å². The third-order valence-corrected chi connectivity index (χ3v) is 13.6. The molecule has 1 aromatic heterocycles. The SMILES string of the molecule is c1ccc(-c2ccc(-c3ccc(N(c4ccccc4)c4ccc5c(c4)c4ccccc4c4ccccc4c4ccccc4c4cc6c(cc54)sc4ccccc46)cc3)cc2)cc1. The first-order chi connectivity index (χ1) is 30.7. The molecule has 0 atom stereocenters. The molecule has 0 spiro atoms. The molecule has 0 saturated carbocycles. The van der Waals surface area contributed by atoms with E-state index in [1.807, 2.05) is 11.3 Å². The minimum absolute atomic E-state index is 1.10. The molecular weight excluding hydrogens is 767 g/mol. The van der Waals surface area contributed by atoms with Crippen molar-refractivity contribution < 1.29 is 0 Å². The molecule has 0 saturated heterocycles. The van der Waals surface area contributed by atoms with Crippen LogP contribution in [-0.4, -0.2) is 0 Å². The molecule has 290 valence electrons. The lowest BCUT2D eigenvalue weighted by molar-refractivity contribution is 1.29. The zero-order chi connectivity index (χ0) is 41.0. The number of nitrogens with zero attached hydrogens (tertiary/aromatic N) is 1. The van der Waals surface area contributed by atoms with Gasteiger partial charge in [0.25, 0.3) is 0 Å². The summed E-state index contributed by atoms with van der Waals surface area (Å²) in [6.45, 7) is 0. The molecule has 0 aliphatic rings. The van der Waals surface area contributed by atoms with Gasteiger partial charge in [0, 0.05) is 37.2 Å². The second-order valence-corrected chi connectivity index (χ2v) is 17.1. The minimum atomic E-state index is 1.10. The Morgan fingerprint density at radius 2 is 0.581 bits per heavy atom. The highest BCUT2D eigenvalue weighted by Crippen LogP contribution is 2.44. The molecule has 11 aromatic carbocycles. The molecule has 12 aromatic rings. The highest BCUT2D eigenvalue weighted by Gasteiger charge is 2.17. The highest BCUT2D eigenvalue weighted by atomic mass is 32.1. The number of para-hydroxylation sites is 1. The van der Waals surface area contributed by atoms with Crippen molar-refractivity contribution in [3.63, 3.8) is 0 Å². The molecule has 0 amide bonds. The van der Waals surface area contributed by atoms with Crippen molar-refractivity contribution in [2.45, 2.75) is 0 Å². The Morgan fingerprint density at radius 1 is 0.210 bits per heavy atom. The van der Waals surface area contributed by atoms with E-state index in [9.17, 15) is 0 Å². The van der Waals surface area contributed by atoms with Crippen LogP contribution in [0, 0.1) is 0 Å². The van der Waals surface area contributed by atoms with Crippen LogP contribution >= 0.6 is 11.3 Å². The lowest BCUT2D eigenvalue weighted by atomic mass is 9.93. The Kier molecular flexibility index (Phi) is 8.76. The normalized spacial score (nSPS) is 11.5. The Morgan fingerprint density at radius 3 is 1.15 bits per heavy atom. The van der Waals surface area contributed by atoms with Crippen molar-refractivity contribution in [2.24, 2.45) is 0 Å². The fourth-order valence-electron chi connectivity index (χ4n) is 9.52. The monoisotopic (exact) mass is 805 g/mol. The minimum Gasteiger partial charge on any atom is -0.310 e. The van der Waals surface area contributed by atoms with Crippen molar-refractivity contribution in [2.75, 3.05) is 4.90 Å². The van der Waals surface area contributed by atoms with E-state index in [1.165, 1.54) is 96.3 Å². The Balaban J connectivity index is 1.13. The van der Waals surface area contributed by atoms with Crippen molar-refractivity contribution in [1.82, 2.24) is 0 Å². The summed E-state index contributed by atoms with van der Waals surface area (Å²) in [5.74, 6) is 0. The van der Waals surface area contributed by atoms with E-state index in [1.54, 1.807) is 0 Å². The molecule has 0 aliphatic carbocycles. The van der Waals surface area contributed by atoms with Gasteiger partial charge in [-0.25, -0.2) is 0 Å². The quantitative estimate of drug-likeness (QED) is 0.167. The van der Waals surface area contributed by atoms with Gasteiger partial charge in [-0.1, -0.05) is 182 Å². The van der Waals surface area contributed by atoms with E-state index < -0.39 is 0 Å². The molecule has 0 radical (unpaired) electrons. The van der Waals surface area contributed by atoms with E-state index in [2.05, 4.69) is 241 Å². The second kappa shape index (κ2) is 15.0. The smallest absolute Gasteiger partial charge is 0.0468 e. The van der Waals surface area contributed by atoms with Crippen LogP contribution in [0.3, 0.4) is 0 Å². The summed E-state index contributed by atoms with van der Waals surface area (Å²) in [6.07, 6.45) is 0. The van der Waals surface area contributed by atoms with Gasteiger partial charge in [-0.15, -0.1) is 11.3 Å². The molecular formula is C60H39NS. The summed E-state index contributed by atoms with van der Waals surface area (Å²) in [6, 6.07) is 87.0. The number of thiophene rings is 1. The number of hydrogen-bond donors (Lipinski definition) is 0. The molecule has 0 aliphatic heterocycles. The van der Waals surface area contributed by atoms with Crippen LogP contribution in [0.2, 0.25) is 0 Å². The summed E-state index contributed by atoms with van der Waals surface area (Å²) in [4.78, 5) is 2.39. The van der Waals surface area contributed by atoms with Crippen LogP contribution < -0.4 is 4.90 Å². The topological polar surface area (TPSA) is 3.24 Å². The van der Waals surface area contributed by atoms with Gasteiger partial charge in [0.1, 0.15) is 0 Å². The third-order valence-electron chi connectivity index (χ3n) is 12.5. The molecule has 0 N–H and O–H groups in total. The maximum absolute atomic E-state index is 2.46. The number of hydrogen-bond acceptors (Lipinski definition) is 2. The van der Waals surface area contributed by atoms with Gasteiger partial charge in [-0.3, -0.25) is 0 Å². The molecule has 0 bridgehead atoms. The summed E-state index contributed by atoms with van der Waals surface area (Å²) in [5.41, 5.74) is 8.12. The first kappa shape index (κ1) is 36.1. The van der Waals surface area contributed by atoms with Gasteiger partial charge in [-0.05, 0) is 131 Å². The molecule has 12 rings (SSSR count). The second-order valence-electron chi connectivity index (χ2n) is 16.0. The van der Waals surface area contributed by atoms with Crippen molar-refractivity contribution in [3.05, 3.63) is 237 Å². The predicted molar refractivity (Wildman–Crippen MR) is 270 cm³/mol. The fourth-order valence-corrected chi connectivity index (χ4v) is 10.6. The average Bonchev–Trinajstić information content (AvgIpc) is 3.72. The van der Waals surface area contributed by atoms with Gasteiger partial charge in [0.2, 0.25) is 0 Å². The van der Waals surface area contributed by atoms with E-state index in [-0.39, 0.29) is 0 Å². The van der Waals surface area contributed by atoms with Gasteiger partial charge < -0.3 is 4.90 Å². The Bertz CT molecular complexity index is 3720. The molecule has 0 unspecified atom stereocenters. The summed E-state index contributed by atoms with van der Waals surface area (Å²) < 4.78 is 2.60. The van der Waals surface area contributed by atoms with Crippen LogP contribution in [0.25, 0.3) is 96.3 Å². The summed E-state index contributed by atoms with van der Waals surface area (Å²) in [7, 11) is 0. The molecule has 62 heavy (non-hydrogen) atoms. The van der Waals surface area contributed by atoms with Crippen LogP contribution in [0.1, 0.15) is 0 Å². The zero-order valence-electron chi connectivity index (χ0n) is 33.9. The maximum atomic E-state index is 2.46. The number of rotatable bonds is 5. The lowest BCUT2D eigenvalue weighted by Crippen LogP contribution is -2.09. The largest absolute Gasteiger partial charge is 0.310 e. The zero-order valence-corrected chi connectivity index (χ0v) is 34.7. The number of fused-ring (bicyclic) bond motifs is 13. The van der Waals surface area contributed by atoms with Gasteiger partial charge in [-0.2, -0.15) is 0 Å². The molecule has 1 nitrogen and oxygen atoms in total. The van der Waals surface area contributed by atoms with E-state index in [0.717, 1.165) is 17.1 Å². The standard InChI is InChI=1S/C60H39NS/c1-3-15-40(16-4-1)41-27-29-42(30-28-41)43-31-33-45(34-32-43)61(44-17-5-2-6-18-44)46-35-36-53-55(37-46)51-23-11-9-21-49(51)47-19-7-8-20-48(47)50-22-10-12-24-52(50)56-38-58-54-25-13-14-26-59(54)62-60(58)39-57(53)56/h1-39H.